The third kappa shape index (κ3) is 10.7. The summed E-state index contributed by atoms with van der Waals surface area (Å²) in [7, 11) is 0. The first kappa shape index (κ1) is 50.3. The molecule has 0 fully saturated rings. The van der Waals surface area contributed by atoms with Gasteiger partial charge in [0.1, 0.15) is 34.2 Å². The molecule has 0 saturated carbocycles. The summed E-state index contributed by atoms with van der Waals surface area (Å²) in [6.45, 7) is 9.27. The Balaban J connectivity index is 0.945. The molecule has 21 heteroatoms. The molecule has 0 saturated heterocycles. The van der Waals surface area contributed by atoms with E-state index in [0.29, 0.717) is 49.0 Å². The first-order chi connectivity index (χ1) is 35.6. The Bertz CT molecular complexity index is 3220. The number of tetrazole rings is 2. The Morgan fingerprint density at radius 2 is 0.959 bits per heavy atom. The van der Waals surface area contributed by atoms with E-state index in [-0.39, 0.29) is 47.4 Å². The number of aryl methyl sites for hydroxylation is 2. The second-order valence-electron chi connectivity index (χ2n) is 18.6. The van der Waals surface area contributed by atoms with E-state index in [9.17, 15) is 24.6 Å². The van der Waals surface area contributed by atoms with E-state index >= 15 is 0 Å². The van der Waals surface area contributed by atoms with Gasteiger partial charge in [-0.3, -0.25) is 0 Å². The minimum absolute atomic E-state index is 0.00454. The highest BCUT2D eigenvalue weighted by Crippen LogP contribution is 2.34. The molecule has 4 aromatic carbocycles. The van der Waals surface area contributed by atoms with Crippen molar-refractivity contribution in [2.45, 2.75) is 105 Å². The van der Waals surface area contributed by atoms with E-state index in [1.165, 1.54) is 27.7 Å². The number of aromatic nitrogens is 12. The van der Waals surface area contributed by atoms with Crippen LogP contribution in [0.15, 0.2) is 111 Å². The lowest BCUT2D eigenvalue weighted by Crippen LogP contribution is -2.24. The summed E-state index contributed by atoms with van der Waals surface area (Å²) in [5.74, 6) is -1.23. The summed E-state index contributed by atoms with van der Waals surface area (Å²) >= 11 is 0. The first-order valence-corrected chi connectivity index (χ1v) is 24.1. The van der Waals surface area contributed by atoms with Gasteiger partial charge in [0.15, 0.2) is 36.1 Å². The van der Waals surface area contributed by atoms with Crippen LogP contribution in [-0.2, 0) is 59.8 Å². The topological polar surface area (TPSA) is 281 Å². The fourth-order valence-electron chi connectivity index (χ4n) is 8.75. The molecule has 0 radical (unpaired) electrons. The highest BCUT2D eigenvalue weighted by atomic mass is 16.6. The number of nitrogens with one attached hydrogen (secondary N) is 2. The number of aliphatic hydroxyl groups is 2. The predicted octanol–water partition coefficient (Wildman–Crippen LogP) is 7.49. The molecule has 9 aromatic rings. The van der Waals surface area contributed by atoms with Gasteiger partial charge in [-0.05, 0) is 84.3 Å². The van der Waals surface area contributed by atoms with Crippen molar-refractivity contribution in [3.05, 3.63) is 165 Å². The summed E-state index contributed by atoms with van der Waals surface area (Å²) < 4.78 is 25.7. The fraction of sp³-hybridized carbons (Fsp3) is 0.302. The van der Waals surface area contributed by atoms with Gasteiger partial charge in [-0.2, -0.15) is 10.4 Å². The maximum Gasteiger partial charge on any atom is 0.519 e. The number of rotatable bonds is 20. The average Bonchev–Trinajstić information content (AvgIpc) is 4.26. The van der Waals surface area contributed by atoms with Gasteiger partial charge in [0.2, 0.25) is 11.6 Å². The molecule has 0 aliphatic carbocycles. The third-order valence-electron chi connectivity index (χ3n) is 12.2. The number of nitrogens with zero attached hydrogens (tertiary/aromatic N) is 10. The first-order valence-electron chi connectivity index (χ1n) is 24.1. The number of hydrogen-bond acceptors (Lipinski definition) is 17. The van der Waals surface area contributed by atoms with E-state index in [1.807, 2.05) is 111 Å². The maximum atomic E-state index is 14.3. The SMILES string of the molecule is CCCc1nc(C(C)(C)O)c(C(=O)OCc2oc(=O)oc2COC(=O)c2c(C(C)(C)O)nc(CCC)n2Cc2ccc(-c3ccccc3-c3nn[nH]n3)cc2)n1Cc1ccc(-c2ccccc2-c2nn[nH]n2)cc1. The quantitative estimate of drug-likeness (QED) is 0.0538. The van der Waals surface area contributed by atoms with Crippen LogP contribution in [0.3, 0.4) is 0 Å². The molecule has 5 aromatic heterocycles. The number of hydrogen-bond donors (Lipinski definition) is 4. The molecule has 0 aliphatic rings. The fourth-order valence-corrected chi connectivity index (χ4v) is 8.75. The Kier molecular flexibility index (Phi) is 14.4. The van der Waals surface area contributed by atoms with Gasteiger partial charge < -0.3 is 37.7 Å². The van der Waals surface area contributed by atoms with E-state index in [1.54, 1.807) is 9.13 Å². The van der Waals surface area contributed by atoms with E-state index in [0.717, 1.165) is 44.5 Å². The van der Waals surface area contributed by atoms with E-state index in [2.05, 4.69) is 41.2 Å². The van der Waals surface area contributed by atoms with E-state index < -0.39 is 42.2 Å². The highest BCUT2D eigenvalue weighted by Gasteiger charge is 2.35. The van der Waals surface area contributed by atoms with Crippen LogP contribution < -0.4 is 5.82 Å². The lowest BCUT2D eigenvalue weighted by Gasteiger charge is -2.18. The Labute approximate surface area is 423 Å². The van der Waals surface area contributed by atoms with Crippen molar-refractivity contribution in [3.8, 4) is 45.0 Å². The molecule has 0 atom stereocenters. The molecule has 0 aliphatic heterocycles. The zero-order valence-corrected chi connectivity index (χ0v) is 41.6. The molecule has 0 amide bonds. The number of carbonyl (C=O) groups excluding carboxylic acids is 2. The molecule has 5 heterocycles. The van der Waals surface area contributed by atoms with Crippen molar-refractivity contribution in [3.63, 3.8) is 0 Å². The molecule has 74 heavy (non-hydrogen) atoms. The van der Waals surface area contributed by atoms with Crippen LogP contribution in [0.25, 0.3) is 45.0 Å². The second-order valence-corrected chi connectivity index (χ2v) is 18.6. The number of imidazole rings is 2. The summed E-state index contributed by atoms with van der Waals surface area (Å²) in [6.07, 6.45) is 2.35. The van der Waals surface area contributed by atoms with Gasteiger partial charge in [0.05, 0.1) is 0 Å². The lowest BCUT2D eigenvalue weighted by atomic mass is 9.98. The van der Waals surface area contributed by atoms with Crippen LogP contribution in [0.5, 0.6) is 0 Å². The third-order valence-corrected chi connectivity index (χ3v) is 12.2. The number of H-pyrrole nitrogens is 2. The van der Waals surface area contributed by atoms with Gasteiger partial charge in [0, 0.05) is 37.1 Å². The molecule has 9 rings (SSSR count). The minimum Gasteiger partial charge on any atom is -0.453 e. The molecule has 0 bridgehead atoms. The number of benzene rings is 4. The zero-order valence-electron chi connectivity index (χ0n) is 41.6. The Hall–Kier alpha value is -8.69. The Morgan fingerprint density at radius 1 is 0.581 bits per heavy atom. The summed E-state index contributed by atoms with van der Waals surface area (Å²) in [5.41, 5.74) is 3.94. The average molecular weight is 1000 g/mol. The van der Waals surface area contributed by atoms with Gasteiger partial charge in [-0.15, -0.1) is 20.4 Å². The predicted molar refractivity (Wildman–Crippen MR) is 267 cm³/mol. The molecule has 0 unspecified atom stereocenters. The van der Waals surface area contributed by atoms with Crippen molar-refractivity contribution in [2.75, 3.05) is 0 Å². The van der Waals surface area contributed by atoms with Crippen LogP contribution in [0, 0.1) is 0 Å². The van der Waals surface area contributed by atoms with Crippen LogP contribution in [-0.4, -0.2) is 82.5 Å². The lowest BCUT2D eigenvalue weighted by molar-refractivity contribution is 0.0359. The Morgan fingerprint density at radius 3 is 1.30 bits per heavy atom. The van der Waals surface area contributed by atoms with Crippen LogP contribution in [0.4, 0.5) is 0 Å². The van der Waals surface area contributed by atoms with Crippen molar-refractivity contribution in [1.82, 2.24) is 60.4 Å². The van der Waals surface area contributed by atoms with Gasteiger partial charge in [-0.1, -0.05) is 111 Å². The number of ether oxygens (including phenoxy) is 2. The maximum absolute atomic E-state index is 14.3. The molecule has 380 valence electrons. The van der Waals surface area contributed by atoms with Crippen molar-refractivity contribution >= 4 is 11.9 Å². The van der Waals surface area contributed by atoms with Gasteiger partial charge in [-0.25, -0.2) is 24.4 Å². The number of aromatic amines is 2. The zero-order chi connectivity index (χ0) is 52.1. The van der Waals surface area contributed by atoms with Crippen molar-refractivity contribution in [2.24, 2.45) is 0 Å². The van der Waals surface area contributed by atoms with E-state index in [4.69, 9.17) is 28.3 Å². The molecule has 0 spiro atoms. The van der Waals surface area contributed by atoms with Gasteiger partial charge >= 0.3 is 17.8 Å². The molecular formula is C53H54N12O9. The summed E-state index contributed by atoms with van der Waals surface area (Å²) in [5, 5.41) is 51.7. The van der Waals surface area contributed by atoms with Gasteiger partial charge in [0.25, 0.3) is 0 Å². The van der Waals surface area contributed by atoms with Crippen molar-refractivity contribution < 1.29 is 38.1 Å². The van der Waals surface area contributed by atoms with Crippen LogP contribution in [0.2, 0.25) is 0 Å². The highest BCUT2D eigenvalue weighted by molar-refractivity contribution is 5.90. The normalized spacial score (nSPS) is 11.8. The molecule has 4 N–H and O–H groups in total. The number of esters is 2. The van der Waals surface area contributed by atoms with Crippen LogP contribution >= 0.6 is 0 Å². The molecule has 21 nitrogen and oxygen atoms in total. The largest absolute Gasteiger partial charge is 0.519 e. The van der Waals surface area contributed by atoms with Crippen LogP contribution in [0.1, 0.15) is 121 Å². The monoisotopic (exact) mass is 1000 g/mol. The van der Waals surface area contributed by atoms with Crippen molar-refractivity contribution in [1.29, 1.82) is 0 Å². The summed E-state index contributed by atoms with van der Waals surface area (Å²) in [4.78, 5) is 50.8. The standard InChI is InChI=1S/C53H54N12O9/c1-7-13-41-54-45(52(3,4)69)43(64(41)27-31-19-23-33(24-20-31)35-15-9-11-17-37(35)47-56-60-61-57-47)49(66)71-29-39-40(74-51(68)73-39)30-72-50(67)44-46(53(5,6)70)55-42(14-8-2)65(44)28-32-21-25-34(26-22-32)36-16-10-12-18-38(36)48-58-62-63-59-48/h9-12,15-26,69-70H,7-8,13-14,27-30H2,1-6H3,(H,56,57,60,61)(H,58,59,62,63). The second kappa shape index (κ2) is 21.2. The minimum atomic E-state index is -1.57. The molecular weight excluding hydrogens is 949 g/mol. The summed E-state index contributed by atoms with van der Waals surface area (Å²) in [6, 6.07) is 31.0. The smallest absolute Gasteiger partial charge is 0.453 e. The number of carbonyl (C=O) groups is 2.